The van der Waals surface area contributed by atoms with Crippen LogP contribution in [0.15, 0.2) is 23.3 Å². The van der Waals surface area contributed by atoms with Gasteiger partial charge >= 0.3 is 12.0 Å². The van der Waals surface area contributed by atoms with Gasteiger partial charge in [-0.3, -0.25) is 0 Å². The topological polar surface area (TPSA) is 70.1 Å². The molecular weight excluding hydrogens is 440 g/mol. The average Bonchev–Trinajstić information content (AvgIpc) is 3.55. The van der Waals surface area contributed by atoms with Crippen molar-refractivity contribution < 1.29 is 19.4 Å². The minimum Gasteiger partial charge on any atom is -0.458 e. The van der Waals surface area contributed by atoms with Gasteiger partial charge in [0.1, 0.15) is 6.61 Å². The van der Waals surface area contributed by atoms with Crippen LogP contribution in [0.25, 0.3) is 0 Å². The number of fused-ring (bicyclic) bond motifs is 5. The number of likely N-dealkylation sites (tertiary alicyclic amines) is 1. The second-order valence-electron chi connectivity index (χ2n) is 12.9. The highest BCUT2D eigenvalue weighted by molar-refractivity contribution is 5.85. The number of aliphatic hydroxyl groups excluding tert-OH is 1. The highest BCUT2D eigenvalue weighted by atomic mass is 16.5. The molecule has 2 amide bonds. The van der Waals surface area contributed by atoms with Gasteiger partial charge in [0.2, 0.25) is 0 Å². The molecule has 6 aliphatic rings. The van der Waals surface area contributed by atoms with E-state index in [0.29, 0.717) is 55.3 Å². The first-order chi connectivity index (χ1) is 16.7. The number of carbonyl (C=O) groups excluding carboxylic acids is 2. The van der Waals surface area contributed by atoms with E-state index in [2.05, 4.69) is 19.9 Å². The lowest BCUT2D eigenvalue weighted by Crippen LogP contribution is -2.55. The molecular formula is C29H42N2O4. The molecule has 6 nitrogen and oxygen atoms in total. The lowest BCUT2D eigenvalue weighted by atomic mass is 9.45. The molecule has 0 aromatic heterocycles. The molecule has 6 heteroatoms. The van der Waals surface area contributed by atoms with E-state index >= 15 is 0 Å². The summed E-state index contributed by atoms with van der Waals surface area (Å²) >= 11 is 0. The molecule has 4 fully saturated rings. The molecule has 3 saturated carbocycles. The van der Waals surface area contributed by atoms with E-state index in [1.54, 1.807) is 11.6 Å². The maximum atomic E-state index is 13.1. The van der Waals surface area contributed by atoms with E-state index in [1.807, 2.05) is 16.8 Å². The molecule has 8 atom stereocenters. The van der Waals surface area contributed by atoms with Crippen molar-refractivity contribution in [1.82, 2.24) is 9.80 Å². The smallest absolute Gasteiger partial charge is 0.331 e. The molecule has 1 saturated heterocycles. The SMILES string of the molecule is CN(C(=O)N1CC[C@@H](O)C1)[C@H]1CC[C@@]2(C)[C@H](CC[C@H]3C4=CC[C@H](C5=CC(=O)OC5)[C@@]4(C)CC[C@@H]32)C1. The Bertz CT molecular complexity index is 974. The number of carbonyl (C=O) groups is 2. The summed E-state index contributed by atoms with van der Waals surface area (Å²) < 4.78 is 5.28. The summed E-state index contributed by atoms with van der Waals surface area (Å²) in [6.07, 6.45) is 14.1. The maximum absolute atomic E-state index is 13.1. The van der Waals surface area contributed by atoms with E-state index in [0.717, 1.165) is 25.2 Å². The molecule has 0 unspecified atom stereocenters. The Hall–Kier alpha value is -1.82. The number of esters is 1. The Balaban J connectivity index is 1.16. The Morgan fingerprint density at radius 2 is 2.00 bits per heavy atom. The van der Waals surface area contributed by atoms with Crippen molar-refractivity contribution in [3.05, 3.63) is 23.3 Å². The molecule has 0 bridgehead atoms. The van der Waals surface area contributed by atoms with E-state index in [9.17, 15) is 14.7 Å². The number of aliphatic hydroxyl groups is 1. The zero-order valence-corrected chi connectivity index (χ0v) is 21.7. The van der Waals surface area contributed by atoms with Crippen LogP contribution in [-0.2, 0) is 9.53 Å². The fourth-order valence-electron chi connectivity index (χ4n) is 9.36. The molecule has 192 valence electrons. The first kappa shape index (κ1) is 23.6. The van der Waals surface area contributed by atoms with Crippen molar-refractivity contribution >= 4 is 12.0 Å². The quantitative estimate of drug-likeness (QED) is 0.464. The number of allylic oxidation sites excluding steroid dienone is 2. The lowest BCUT2D eigenvalue weighted by Gasteiger charge is -2.60. The number of rotatable bonds is 2. The van der Waals surface area contributed by atoms with Gasteiger partial charge in [-0.25, -0.2) is 9.59 Å². The number of β-amino-alcohol motifs (C(OH)–C–C–N with tert-alkyl or cyclic N) is 1. The van der Waals surface area contributed by atoms with Crippen molar-refractivity contribution in [2.24, 2.45) is 34.5 Å². The Morgan fingerprint density at radius 3 is 2.71 bits per heavy atom. The fraction of sp³-hybridized carbons (Fsp3) is 0.793. The van der Waals surface area contributed by atoms with Crippen LogP contribution in [0.3, 0.4) is 0 Å². The van der Waals surface area contributed by atoms with Gasteiger partial charge in [0.15, 0.2) is 0 Å². The average molecular weight is 483 g/mol. The zero-order chi connectivity index (χ0) is 24.5. The third-order valence-electron chi connectivity index (χ3n) is 11.5. The van der Waals surface area contributed by atoms with Crippen LogP contribution in [0, 0.1) is 34.5 Å². The van der Waals surface area contributed by atoms with Crippen molar-refractivity contribution in [1.29, 1.82) is 0 Å². The number of nitrogens with zero attached hydrogens (tertiary/aromatic N) is 2. The van der Waals surface area contributed by atoms with Crippen LogP contribution in [0.4, 0.5) is 4.79 Å². The van der Waals surface area contributed by atoms with Crippen LogP contribution in [0.2, 0.25) is 0 Å². The van der Waals surface area contributed by atoms with Crippen LogP contribution in [0.1, 0.15) is 71.6 Å². The highest BCUT2D eigenvalue weighted by Gasteiger charge is 2.58. The Labute approximate surface area is 209 Å². The number of hydrogen-bond donors (Lipinski definition) is 1. The molecule has 2 aliphatic heterocycles. The van der Waals surface area contributed by atoms with E-state index in [1.165, 1.54) is 37.7 Å². The maximum Gasteiger partial charge on any atom is 0.331 e. The van der Waals surface area contributed by atoms with E-state index in [-0.39, 0.29) is 23.5 Å². The number of cyclic esters (lactones) is 1. The third-order valence-corrected chi connectivity index (χ3v) is 11.5. The van der Waals surface area contributed by atoms with Gasteiger partial charge in [-0.1, -0.05) is 25.5 Å². The Kier molecular flexibility index (Phi) is 5.63. The van der Waals surface area contributed by atoms with Gasteiger partial charge < -0.3 is 19.6 Å². The zero-order valence-electron chi connectivity index (χ0n) is 21.7. The number of urea groups is 1. The van der Waals surface area contributed by atoms with Gasteiger partial charge in [-0.05, 0) is 97.9 Å². The fourth-order valence-corrected chi connectivity index (χ4v) is 9.36. The third kappa shape index (κ3) is 3.60. The molecule has 0 aromatic rings. The summed E-state index contributed by atoms with van der Waals surface area (Å²) in [6.45, 7) is 6.65. The summed E-state index contributed by atoms with van der Waals surface area (Å²) in [5, 5.41) is 9.87. The van der Waals surface area contributed by atoms with E-state index < -0.39 is 0 Å². The number of hydrogen-bond acceptors (Lipinski definition) is 4. The molecule has 6 rings (SSSR count). The summed E-state index contributed by atoms with van der Waals surface area (Å²) in [6, 6.07) is 0.411. The van der Waals surface area contributed by atoms with E-state index in [4.69, 9.17) is 4.74 Å². The van der Waals surface area contributed by atoms with Gasteiger partial charge in [-0.2, -0.15) is 0 Å². The van der Waals surface area contributed by atoms with Crippen LogP contribution < -0.4 is 0 Å². The lowest BCUT2D eigenvalue weighted by molar-refractivity contribution is -0.135. The Morgan fingerprint density at radius 1 is 1.17 bits per heavy atom. The van der Waals surface area contributed by atoms with Gasteiger partial charge in [-0.15, -0.1) is 0 Å². The van der Waals surface area contributed by atoms with Crippen molar-refractivity contribution in [3.8, 4) is 0 Å². The largest absolute Gasteiger partial charge is 0.458 e. The summed E-state index contributed by atoms with van der Waals surface area (Å²) in [7, 11) is 1.98. The van der Waals surface area contributed by atoms with Crippen LogP contribution in [0.5, 0.6) is 0 Å². The highest BCUT2D eigenvalue weighted by Crippen LogP contribution is 2.66. The molecule has 0 radical (unpaired) electrons. The van der Waals surface area contributed by atoms with Gasteiger partial charge in [0, 0.05) is 32.3 Å². The predicted molar refractivity (Wildman–Crippen MR) is 133 cm³/mol. The summed E-state index contributed by atoms with van der Waals surface area (Å²) in [5.74, 6) is 2.33. The monoisotopic (exact) mass is 482 g/mol. The molecule has 0 spiro atoms. The molecule has 35 heavy (non-hydrogen) atoms. The van der Waals surface area contributed by atoms with Gasteiger partial charge in [0.25, 0.3) is 0 Å². The minimum absolute atomic E-state index is 0.100. The second-order valence-corrected chi connectivity index (χ2v) is 12.9. The van der Waals surface area contributed by atoms with Crippen LogP contribution >= 0.6 is 0 Å². The predicted octanol–water partition coefficient (Wildman–Crippen LogP) is 4.54. The summed E-state index contributed by atoms with van der Waals surface area (Å²) in [4.78, 5) is 28.7. The summed E-state index contributed by atoms with van der Waals surface area (Å²) in [5.41, 5.74) is 3.41. The molecule has 4 aliphatic carbocycles. The van der Waals surface area contributed by atoms with Gasteiger partial charge in [0.05, 0.1) is 6.10 Å². The minimum atomic E-state index is -0.364. The normalized spacial score (nSPS) is 44.7. The standard InChI is InChI=1S/C29H42N2O4/c1-28-11-8-20(30(3)27(34)31-13-10-21(32)16-31)15-19(28)4-5-22-24-7-6-23(18-14-26(33)35-17-18)29(24,2)12-9-25(22)28/h7,14,19-23,25,32H,4-6,8-13,15-17H2,1-3H3/t19-,20+,21-,22+,23-,25+,28+,29-/m1/s1. The molecule has 0 aromatic carbocycles. The molecule has 2 heterocycles. The first-order valence-electron chi connectivity index (χ1n) is 14.0. The molecule has 1 N–H and O–H groups in total. The van der Waals surface area contributed by atoms with Crippen molar-refractivity contribution in [2.75, 3.05) is 26.7 Å². The number of amides is 2. The first-order valence-corrected chi connectivity index (χ1v) is 14.0. The second kappa shape index (κ2) is 8.36. The van der Waals surface area contributed by atoms with Crippen molar-refractivity contribution in [2.45, 2.75) is 83.8 Å². The van der Waals surface area contributed by atoms with Crippen LogP contribution in [-0.4, -0.2) is 65.8 Å². The van der Waals surface area contributed by atoms with Crippen molar-refractivity contribution in [3.63, 3.8) is 0 Å². The number of ether oxygens (including phenoxy) is 1.